The Kier molecular flexibility index (Phi) is 2.75. The first kappa shape index (κ1) is 11.9. The van der Waals surface area contributed by atoms with Crippen molar-refractivity contribution in [2.24, 2.45) is 0 Å². The molecule has 3 nitrogen and oxygen atoms in total. The largest absolute Gasteiger partial charge is 0.434 e. The average Bonchev–Trinajstić information content (AvgIpc) is 2.51. The zero-order chi connectivity index (χ0) is 12.1. The average molecular weight is 334 g/mol. The van der Waals surface area contributed by atoms with E-state index in [-0.39, 0.29) is 9.30 Å². The van der Waals surface area contributed by atoms with E-state index >= 15 is 0 Å². The second-order valence-corrected chi connectivity index (χ2v) is 5.20. The topological polar surface area (TPSA) is 34.4 Å². The van der Waals surface area contributed by atoms with E-state index in [1.165, 1.54) is 6.20 Å². The predicted octanol–water partition coefficient (Wildman–Crippen LogP) is 3.19. The highest BCUT2D eigenvalue weighted by Crippen LogP contribution is 2.33. The van der Waals surface area contributed by atoms with Gasteiger partial charge < -0.3 is 0 Å². The summed E-state index contributed by atoms with van der Waals surface area (Å²) in [4.78, 5) is 14.8. The molecule has 0 atom stereocenters. The molecule has 9 heteroatoms. The third-order valence-electron chi connectivity index (χ3n) is 1.72. The number of nitrogens with zero attached hydrogens (tertiary/aromatic N) is 2. The van der Waals surface area contributed by atoms with Crippen molar-refractivity contribution in [3.8, 4) is 0 Å². The van der Waals surface area contributed by atoms with Gasteiger partial charge in [-0.05, 0) is 15.9 Å². The summed E-state index contributed by atoms with van der Waals surface area (Å²) in [6, 6.07) is 0. The van der Waals surface area contributed by atoms with E-state index in [0.29, 0.717) is 0 Å². The second-order valence-electron chi connectivity index (χ2n) is 2.77. The van der Waals surface area contributed by atoms with Gasteiger partial charge in [-0.25, -0.2) is 4.98 Å². The van der Waals surface area contributed by atoms with Crippen molar-refractivity contribution in [2.45, 2.75) is 6.18 Å². The van der Waals surface area contributed by atoms with E-state index in [4.69, 9.17) is 11.6 Å². The first-order chi connectivity index (χ1) is 7.30. The van der Waals surface area contributed by atoms with Crippen molar-refractivity contribution in [1.29, 1.82) is 0 Å². The highest BCUT2D eigenvalue weighted by Gasteiger charge is 2.37. The molecule has 2 heterocycles. The van der Waals surface area contributed by atoms with Gasteiger partial charge in [0.05, 0.1) is 0 Å². The predicted molar refractivity (Wildman–Crippen MR) is 57.1 cm³/mol. The van der Waals surface area contributed by atoms with Gasteiger partial charge in [-0.2, -0.15) is 13.2 Å². The molecular weight excluding hydrogens is 333 g/mol. The van der Waals surface area contributed by atoms with Crippen LogP contribution in [0.5, 0.6) is 0 Å². The van der Waals surface area contributed by atoms with Crippen LogP contribution in [-0.2, 0) is 6.18 Å². The van der Waals surface area contributed by atoms with Crippen LogP contribution in [0.1, 0.15) is 5.69 Å². The summed E-state index contributed by atoms with van der Waals surface area (Å²) >= 11 is 8.99. The molecule has 0 aliphatic carbocycles. The Hall–Kier alpha value is -0.600. The third kappa shape index (κ3) is 1.85. The first-order valence-electron chi connectivity index (χ1n) is 3.75. The summed E-state index contributed by atoms with van der Waals surface area (Å²) in [6.07, 6.45) is -3.45. The molecule has 2 rings (SSSR count). The van der Waals surface area contributed by atoms with Gasteiger partial charge >= 0.3 is 6.18 Å². The fraction of sp³-hybridized carbons (Fsp3) is 0.143. The SMILES string of the molecule is O=c1c(Br)c(C(F)(F)F)nc2sc(Cl)cn12. The number of hydrogen-bond acceptors (Lipinski definition) is 3. The molecule has 2 aromatic rings. The molecule has 2 aromatic heterocycles. The minimum absolute atomic E-state index is 0.0921. The second kappa shape index (κ2) is 3.71. The molecule has 0 N–H and O–H groups in total. The van der Waals surface area contributed by atoms with Crippen LogP contribution >= 0.6 is 38.9 Å². The van der Waals surface area contributed by atoms with Gasteiger partial charge in [-0.15, -0.1) is 0 Å². The van der Waals surface area contributed by atoms with E-state index in [1.54, 1.807) is 0 Å². The number of rotatable bonds is 0. The van der Waals surface area contributed by atoms with Crippen LogP contribution in [0.25, 0.3) is 4.96 Å². The van der Waals surface area contributed by atoms with Crippen LogP contribution in [0.2, 0.25) is 4.34 Å². The van der Waals surface area contributed by atoms with Crippen LogP contribution in [0.4, 0.5) is 13.2 Å². The Bertz CT molecular complexity index is 620. The monoisotopic (exact) mass is 332 g/mol. The van der Waals surface area contributed by atoms with Crippen molar-refractivity contribution in [3.63, 3.8) is 0 Å². The molecule has 86 valence electrons. The minimum Gasteiger partial charge on any atom is -0.268 e. The van der Waals surface area contributed by atoms with E-state index in [0.717, 1.165) is 15.7 Å². The number of fused-ring (bicyclic) bond motifs is 1. The standard InChI is InChI=1S/C7HBrClF3N2OS/c8-3-4(7(10,11)12)13-6-14(5(3)15)1-2(9)16-6/h1H. The van der Waals surface area contributed by atoms with Gasteiger partial charge in [0.15, 0.2) is 10.7 Å². The third-order valence-corrected chi connectivity index (χ3v) is 3.53. The lowest BCUT2D eigenvalue weighted by Crippen LogP contribution is -2.21. The van der Waals surface area contributed by atoms with E-state index in [2.05, 4.69) is 20.9 Å². The lowest BCUT2D eigenvalue weighted by atomic mass is 10.4. The fourth-order valence-electron chi connectivity index (χ4n) is 1.08. The van der Waals surface area contributed by atoms with Gasteiger partial charge in [0, 0.05) is 6.20 Å². The lowest BCUT2D eigenvalue weighted by Gasteiger charge is -2.06. The smallest absolute Gasteiger partial charge is 0.268 e. The Labute approximate surface area is 104 Å². The molecule has 0 unspecified atom stereocenters. The van der Waals surface area contributed by atoms with Crippen molar-refractivity contribution >= 4 is 43.8 Å². The van der Waals surface area contributed by atoms with Gasteiger partial charge in [-0.3, -0.25) is 9.20 Å². The number of alkyl halides is 3. The molecule has 16 heavy (non-hydrogen) atoms. The van der Waals surface area contributed by atoms with Crippen LogP contribution in [-0.4, -0.2) is 9.38 Å². The van der Waals surface area contributed by atoms with Crippen LogP contribution in [0.3, 0.4) is 0 Å². The van der Waals surface area contributed by atoms with Crippen molar-refractivity contribution in [1.82, 2.24) is 9.38 Å². The molecular formula is C7HBrClF3N2OS. The maximum absolute atomic E-state index is 12.5. The number of hydrogen-bond donors (Lipinski definition) is 0. The molecule has 0 amide bonds. The van der Waals surface area contributed by atoms with Gasteiger partial charge in [-0.1, -0.05) is 22.9 Å². The molecule has 0 saturated carbocycles. The molecule has 0 aromatic carbocycles. The summed E-state index contributed by atoms with van der Waals surface area (Å²) in [5.74, 6) is 0. The molecule has 0 spiro atoms. The summed E-state index contributed by atoms with van der Waals surface area (Å²) < 4.78 is 38.0. The minimum atomic E-state index is -4.68. The van der Waals surface area contributed by atoms with E-state index < -0.39 is 21.9 Å². The van der Waals surface area contributed by atoms with Crippen LogP contribution in [0, 0.1) is 0 Å². The quantitative estimate of drug-likeness (QED) is 0.742. The Morgan fingerprint density at radius 1 is 1.50 bits per heavy atom. The molecule has 0 bridgehead atoms. The maximum Gasteiger partial charge on any atom is 0.434 e. The number of thiazole rings is 1. The van der Waals surface area contributed by atoms with Crippen molar-refractivity contribution in [2.75, 3.05) is 0 Å². The molecule has 0 radical (unpaired) electrons. The first-order valence-corrected chi connectivity index (χ1v) is 5.74. The van der Waals surface area contributed by atoms with Crippen LogP contribution < -0.4 is 5.56 Å². The number of aromatic nitrogens is 2. The van der Waals surface area contributed by atoms with E-state index in [1.807, 2.05) is 0 Å². The zero-order valence-electron chi connectivity index (χ0n) is 7.18. The van der Waals surface area contributed by atoms with Crippen LogP contribution in [0.15, 0.2) is 15.5 Å². The molecule has 0 fully saturated rings. The lowest BCUT2D eigenvalue weighted by molar-refractivity contribution is -0.141. The van der Waals surface area contributed by atoms with Crippen molar-refractivity contribution < 1.29 is 13.2 Å². The van der Waals surface area contributed by atoms with Crippen molar-refractivity contribution in [3.05, 3.63) is 31.1 Å². The number of halogens is 5. The molecule has 0 aliphatic rings. The highest BCUT2D eigenvalue weighted by atomic mass is 79.9. The zero-order valence-corrected chi connectivity index (χ0v) is 10.3. The highest BCUT2D eigenvalue weighted by molar-refractivity contribution is 9.10. The molecule has 0 saturated heterocycles. The molecule has 0 aliphatic heterocycles. The maximum atomic E-state index is 12.5. The summed E-state index contributed by atoms with van der Waals surface area (Å²) in [5, 5.41) is 0. The summed E-state index contributed by atoms with van der Waals surface area (Å²) in [6.45, 7) is 0. The van der Waals surface area contributed by atoms with Gasteiger partial charge in [0.2, 0.25) is 0 Å². The fourth-order valence-corrected chi connectivity index (χ4v) is 2.59. The van der Waals surface area contributed by atoms with Gasteiger partial charge in [0.1, 0.15) is 8.81 Å². The van der Waals surface area contributed by atoms with E-state index in [9.17, 15) is 18.0 Å². The summed E-state index contributed by atoms with van der Waals surface area (Å²) in [5.41, 5.74) is -2.07. The normalized spacial score (nSPS) is 12.3. The Morgan fingerprint density at radius 3 is 2.69 bits per heavy atom. The summed E-state index contributed by atoms with van der Waals surface area (Å²) in [7, 11) is 0. The Morgan fingerprint density at radius 2 is 2.12 bits per heavy atom. The Balaban J connectivity index is 2.89. The van der Waals surface area contributed by atoms with Gasteiger partial charge in [0.25, 0.3) is 5.56 Å².